The third kappa shape index (κ3) is 3.12. The van der Waals surface area contributed by atoms with E-state index in [1.807, 2.05) is 37.4 Å². The third-order valence-electron chi connectivity index (χ3n) is 2.89. The monoisotopic (exact) mass is 245 g/mol. The zero-order valence-corrected chi connectivity index (χ0v) is 10.3. The standard InChI is InChI=1S/C14H16BNO2.2H2/c1-16(14-5-3-2-4-6-14)11-12-7-9-13(10-8-12)15(17)18;;/h2-10,17-18H,11H2,1H3;2*1H. The molecule has 0 heterocycles. The molecule has 0 amide bonds. The summed E-state index contributed by atoms with van der Waals surface area (Å²) < 4.78 is 0. The third-order valence-corrected chi connectivity index (χ3v) is 2.89. The lowest BCUT2D eigenvalue weighted by Crippen LogP contribution is -2.29. The van der Waals surface area contributed by atoms with Gasteiger partial charge in [0.05, 0.1) is 0 Å². The minimum absolute atomic E-state index is 0. The molecule has 0 aromatic heterocycles. The first-order chi connectivity index (χ1) is 8.66. The maximum Gasteiger partial charge on any atom is 0.488 e. The van der Waals surface area contributed by atoms with Crippen LogP contribution in [0.5, 0.6) is 0 Å². The maximum absolute atomic E-state index is 9.02. The topological polar surface area (TPSA) is 43.7 Å². The summed E-state index contributed by atoms with van der Waals surface area (Å²) in [6.07, 6.45) is 0. The van der Waals surface area contributed by atoms with E-state index in [1.54, 1.807) is 12.1 Å². The molecule has 2 rings (SSSR count). The Bertz CT molecular complexity index is 494. The van der Waals surface area contributed by atoms with Crippen molar-refractivity contribution in [3.63, 3.8) is 0 Å². The smallest absolute Gasteiger partial charge is 0.423 e. The van der Waals surface area contributed by atoms with Gasteiger partial charge in [-0.1, -0.05) is 42.5 Å². The Hall–Kier alpha value is -1.78. The molecule has 3 nitrogen and oxygen atoms in total. The van der Waals surface area contributed by atoms with Crippen molar-refractivity contribution in [2.75, 3.05) is 11.9 Å². The first-order valence-corrected chi connectivity index (χ1v) is 5.88. The van der Waals surface area contributed by atoms with E-state index in [1.165, 1.54) is 0 Å². The predicted octanol–water partition coefficient (Wildman–Crippen LogP) is 1.49. The van der Waals surface area contributed by atoms with Gasteiger partial charge in [-0.2, -0.15) is 0 Å². The van der Waals surface area contributed by atoms with Crippen LogP contribution in [0.4, 0.5) is 5.69 Å². The molecule has 0 atom stereocenters. The van der Waals surface area contributed by atoms with Crippen LogP contribution in [-0.4, -0.2) is 24.2 Å². The molecule has 0 saturated heterocycles. The lowest BCUT2D eigenvalue weighted by molar-refractivity contribution is 0.426. The van der Waals surface area contributed by atoms with Gasteiger partial charge in [0.15, 0.2) is 0 Å². The summed E-state index contributed by atoms with van der Waals surface area (Å²) in [7, 11) is 0.635. The van der Waals surface area contributed by atoms with Crippen molar-refractivity contribution in [3.8, 4) is 0 Å². The second-order valence-corrected chi connectivity index (χ2v) is 4.31. The molecule has 18 heavy (non-hydrogen) atoms. The van der Waals surface area contributed by atoms with E-state index in [4.69, 9.17) is 10.0 Å². The SMILES string of the molecule is CN(Cc1ccc(B(O)O)cc1)c1ccccc1.[HH].[HH]. The molecule has 0 unspecified atom stereocenters. The summed E-state index contributed by atoms with van der Waals surface area (Å²) in [5, 5.41) is 18.0. The summed E-state index contributed by atoms with van der Waals surface area (Å²) >= 11 is 0. The van der Waals surface area contributed by atoms with Gasteiger partial charge in [-0.25, -0.2) is 0 Å². The van der Waals surface area contributed by atoms with Crippen molar-refractivity contribution in [3.05, 3.63) is 60.2 Å². The second kappa shape index (κ2) is 5.71. The van der Waals surface area contributed by atoms with Gasteiger partial charge in [0.25, 0.3) is 0 Å². The van der Waals surface area contributed by atoms with Crippen LogP contribution in [0.3, 0.4) is 0 Å². The van der Waals surface area contributed by atoms with Crippen LogP contribution >= 0.6 is 0 Å². The van der Waals surface area contributed by atoms with Gasteiger partial charge in [0.2, 0.25) is 0 Å². The Labute approximate surface area is 110 Å². The van der Waals surface area contributed by atoms with E-state index in [0.717, 1.165) is 17.8 Å². The Morgan fingerprint density at radius 2 is 1.61 bits per heavy atom. The highest BCUT2D eigenvalue weighted by atomic mass is 16.4. The fourth-order valence-electron chi connectivity index (χ4n) is 1.84. The van der Waals surface area contributed by atoms with Crippen molar-refractivity contribution in [2.24, 2.45) is 0 Å². The van der Waals surface area contributed by atoms with E-state index < -0.39 is 7.12 Å². The summed E-state index contributed by atoms with van der Waals surface area (Å²) in [4.78, 5) is 2.14. The first kappa shape index (κ1) is 12.7. The maximum atomic E-state index is 9.02. The molecule has 2 aromatic carbocycles. The summed E-state index contributed by atoms with van der Waals surface area (Å²) in [6, 6.07) is 17.4. The molecular weight excluding hydrogens is 225 g/mol. The van der Waals surface area contributed by atoms with Crippen molar-refractivity contribution in [1.82, 2.24) is 0 Å². The average Bonchev–Trinajstić information content (AvgIpc) is 2.40. The minimum Gasteiger partial charge on any atom is -0.423 e. The Balaban J connectivity index is 0.00000180. The van der Waals surface area contributed by atoms with Crippen LogP contribution in [0.2, 0.25) is 0 Å². The number of hydrogen-bond acceptors (Lipinski definition) is 3. The Morgan fingerprint density at radius 1 is 1.00 bits per heavy atom. The number of hydrogen-bond donors (Lipinski definition) is 2. The van der Waals surface area contributed by atoms with E-state index in [-0.39, 0.29) is 2.85 Å². The van der Waals surface area contributed by atoms with E-state index >= 15 is 0 Å². The summed E-state index contributed by atoms with van der Waals surface area (Å²) in [5.74, 6) is 0. The van der Waals surface area contributed by atoms with Gasteiger partial charge >= 0.3 is 7.12 Å². The molecule has 0 bridgehead atoms. The van der Waals surface area contributed by atoms with E-state index in [9.17, 15) is 0 Å². The van der Waals surface area contributed by atoms with Gasteiger partial charge in [-0.3, -0.25) is 0 Å². The molecule has 96 valence electrons. The lowest BCUT2D eigenvalue weighted by atomic mass is 9.80. The Morgan fingerprint density at radius 3 is 2.17 bits per heavy atom. The van der Waals surface area contributed by atoms with Crippen molar-refractivity contribution in [1.29, 1.82) is 0 Å². The fraction of sp³-hybridized carbons (Fsp3) is 0.143. The number of nitrogens with zero attached hydrogens (tertiary/aromatic N) is 1. The zero-order chi connectivity index (χ0) is 13.0. The van der Waals surface area contributed by atoms with Gasteiger partial charge in [0, 0.05) is 22.1 Å². The van der Waals surface area contributed by atoms with Gasteiger partial charge in [0.1, 0.15) is 0 Å². The normalized spacial score (nSPS) is 10.2. The van der Waals surface area contributed by atoms with Crippen LogP contribution in [0.25, 0.3) is 0 Å². The number of anilines is 1. The average molecular weight is 245 g/mol. The predicted molar refractivity (Wildman–Crippen MR) is 79.0 cm³/mol. The molecule has 2 N–H and O–H groups in total. The Kier molecular flexibility index (Phi) is 4.02. The van der Waals surface area contributed by atoms with Crippen LogP contribution < -0.4 is 10.4 Å². The van der Waals surface area contributed by atoms with Crippen molar-refractivity contribution in [2.45, 2.75) is 6.54 Å². The number of para-hydroxylation sites is 1. The second-order valence-electron chi connectivity index (χ2n) is 4.31. The van der Waals surface area contributed by atoms with E-state index in [2.05, 4.69) is 17.0 Å². The fourth-order valence-corrected chi connectivity index (χ4v) is 1.84. The number of benzene rings is 2. The highest BCUT2D eigenvalue weighted by Gasteiger charge is 2.10. The zero-order valence-electron chi connectivity index (χ0n) is 10.3. The van der Waals surface area contributed by atoms with Crippen LogP contribution in [-0.2, 0) is 6.54 Å². The molecule has 0 spiro atoms. The highest BCUT2D eigenvalue weighted by Crippen LogP contribution is 2.13. The minimum atomic E-state index is -1.40. The van der Waals surface area contributed by atoms with Crippen LogP contribution in [0, 0.1) is 0 Å². The molecule has 0 aliphatic carbocycles. The summed E-state index contributed by atoms with van der Waals surface area (Å²) in [5.41, 5.74) is 2.80. The molecular formula is C14H20BNO2. The molecule has 0 saturated carbocycles. The summed E-state index contributed by atoms with van der Waals surface area (Å²) in [6.45, 7) is 0.784. The van der Waals surface area contributed by atoms with Crippen LogP contribution in [0.15, 0.2) is 54.6 Å². The van der Waals surface area contributed by atoms with Gasteiger partial charge < -0.3 is 14.9 Å². The molecule has 0 aliphatic rings. The van der Waals surface area contributed by atoms with E-state index in [0.29, 0.717) is 5.46 Å². The largest absolute Gasteiger partial charge is 0.488 e. The molecule has 2 aromatic rings. The quantitative estimate of drug-likeness (QED) is 0.802. The van der Waals surface area contributed by atoms with Crippen molar-refractivity contribution < 1.29 is 12.9 Å². The highest BCUT2D eigenvalue weighted by molar-refractivity contribution is 6.58. The van der Waals surface area contributed by atoms with Crippen molar-refractivity contribution >= 4 is 18.3 Å². The van der Waals surface area contributed by atoms with Gasteiger partial charge in [-0.15, -0.1) is 0 Å². The molecule has 4 heteroatoms. The lowest BCUT2D eigenvalue weighted by Gasteiger charge is -2.19. The van der Waals surface area contributed by atoms with Crippen LogP contribution in [0.1, 0.15) is 8.42 Å². The molecule has 0 radical (unpaired) electrons. The molecule has 0 fully saturated rings. The molecule has 0 aliphatic heterocycles. The first-order valence-electron chi connectivity index (χ1n) is 5.88. The van der Waals surface area contributed by atoms with Gasteiger partial charge in [-0.05, 0) is 23.2 Å². The number of rotatable bonds is 4.